The third kappa shape index (κ3) is 7.14. The Kier molecular flexibility index (Phi) is 10.5. The fourth-order valence-corrected chi connectivity index (χ4v) is 26.5. The normalized spacial score (nSPS) is 18.2. The topological polar surface area (TPSA) is 0 Å². The summed E-state index contributed by atoms with van der Waals surface area (Å²) < 4.78 is 3.93. The molecule has 0 atom stereocenters. The van der Waals surface area contributed by atoms with Crippen molar-refractivity contribution >= 4 is 32.3 Å². The summed E-state index contributed by atoms with van der Waals surface area (Å²) in [6, 6.07) is 0. The summed E-state index contributed by atoms with van der Waals surface area (Å²) in [7, 11) is -5.02. The van der Waals surface area contributed by atoms with E-state index in [4.69, 9.17) is 0 Å². The number of halogens is 2. The third-order valence-electron chi connectivity index (χ3n) is 5.84. The van der Waals surface area contributed by atoms with Crippen LogP contribution in [0.25, 0.3) is 0 Å². The predicted octanol–water partition coefficient (Wildman–Crippen LogP) is 1.75. The molecule has 0 amide bonds. The molecule has 0 aliphatic heterocycles. The first kappa shape index (κ1) is 30.3. The predicted molar refractivity (Wildman–Crippen MR) is 133 cm³/mol. The van der Waals surface area contributed by atoms with Gasteiger partial charge < -0.3 is 24.8 Å². The van der Waals surface area contributed by atoms with Crippen LogP contribution in [0.1, 0.15) is 12.8 Å². The Hall–Kier alpha value is 1.29. The Morgan fingerprint density at radius 2 is 0.793 bits per heavy atom. The van der Waals surface area contributed by atoms with Crippen LogP contribution in [0.5, 0.6) is 0 Å². The minimum absolute atomic E-state index is 0. The van der Waals surface area contributed by atoms with Gasteiger partial charge in [-0.05, 0) is 0 Å². The van der Waals surface area contributed by atoms with Crippen molar-refractivity contribution in [3.8, 4) is 0 Å². The van der Waals surface area contributed by atoms with Crippen molar-refractivity contribution < 1.29 is 48.0 Å². The van der Waals surface area contributed by atoms with Crippen molar-refractivity contribution in [2.24, 2.45) is 0 Å². The maximum Gasteiger partial charge on any atom is -1.00 e. The summed E-state index contributed by atoms with van der Waals surface area (Å²) in [5, 5.41) is 7.57. The van der Waals surface area contributed by atoms with E-state index < -0.39 is 55.5 Å². The maximum atomic E-state index is 2.68. The van der Waals surface area contributed by atoms with Crippen LogP contribution in [-0.4, -0.2) is 32.3 Å². The van der Waals surface area contributed by atoms with Gasteiger partial charge in [-0.3, -0.25) is 0 Å². The Morgan fingerprint density at radius 3 is 1.00 bits per heavy atom. The SMILES string of the molecule is C[Si](C)(C)C1=CCC([Si](C)(C)C)=[C]1[Zr+2][C]1=C([Si](C)(C)C)CC=C1[Si](C)(C)C.[Cl-].[Cl-]. The Labute approximate surface area is 209 Å². The molecule has 2 aliphatic rings. The minimum Gasteiger partial charge on any atom is -1.00 e. The van der Waals surface area contributed by atoms with Crippen molar-refractivity contribution in [1.82, 2.24) is 0 Å². The fraction of sp³-hybridized carbons (Fsp3) is 0.636. The molecule has 0 aromatic heterocycles. The average Bonchev–Trinajstić information content (AvgIpc) is 2.99. The Balaban J connectivity index is 0.00000392. The van der Waals surface area contributed by atoms with Crippen LogP contribution in [0, 0.1) is 0 Å². The van der Waals surface area contributed by atoms with E-state index in [1.807, 2.05) is 27.3 Å². The second-order valence-electron chi connectivity index (χ2n) is 12.5. The number of rotatable bonds is 6. The molecule has 0 saturated heterocycles. The van der Waals surface area contributed by atoms with Crippen molar-refractivity contribution in [3.63, 3.8) is 0 Å². The molecular weight excluding hydrogens is 539 g/mol. The van der Waals surface area contributed by atoms with Gasteiger partial charge in [0, 0.05) is 0 Å². The quantitative estimate of drug-likeness (QED) is 0.420. The van der Waals surface area contributed by atoms with Crippen LogP contribution in [0.15, 0.2) is 39.5 Å². The first-order valence-electron chi connectivity index (χ1n) is 10.6. The van der Waals surface area contributed by atoms with Gasteiger partial charge in [-0.25, -0.2) is 0 Å². The van der Waals surface area contributed by atoms with Crippen molar-refractivity contribution in [2.75, 3.05) is 0 Å². The Bertz CT molecular complexity index is 686. The number of hydrogen-bond donors (Lipinski definition) is 0. The fourth-order valence-electron chi connectivity index (χ4n) is 4.28. The Morgan fingerprint density at radius 1 is 0.517 bits per heavy atom. The van der Waals surface area contributed by atoms with Crippen LogP contribution < -0.4 is 24.8 Å². The molecule has 0 nitrogen and oxygen atoms in total. The van der Waals surface area contributed by atoms with Crippen LogP contribution >= 0.6 is 0 Å². The second kappa shape index (κ2) is 10.1. The molecule has 0 bridgehead atoms. The zero-order valence-electron chi connectivity index (χ0n) is 20.8. The van der Waals surface area contributed by atoms with Gasteiger partial charge in [0.2, 0.25) is 0 Å². The largest absolute Gasteiger partial charge is 1.00 e. The van der Waals surface area contributed by atoms with Gasteiger partial charge in [0.25, 0.3) is 0 Å². The molecule has 0 saturated carbocycles. The molecule has 0 aromatic carbocycles. The van der Waals surface area contributed by atoms with Crippen LogP contribution in [0.3, 0.4) is 0 Å². The average molecular weight is 581 g/mol. The number of hydrogen-bond acceptors (Lipinski definition) is 0. The van der Waals surface area contributed by atoms with Crippen LogP contribution in [-0.2, 0) is 23.2 Å². The minimum atomic E-state index is -1.27. The molecule has 0 radical (unpaired) electrons. The monoisotopic (exact) mass is 578 g/mol. The van der Waals surface area contributed by atoms with E-state index in [1.54, 1.807) is 0 Å². The van der Waals surface area contributed by atoms with E-state index in [9.17, 15) is 0 Å². The van der Waals surface area contributed by atoms with Gasteiger partial charge in [0.1, 0.15) is 0 Å². The molecule has 0 fully saturated rings. The first-order chi connectivity index (χ1) is 11.9. The molecule has 2 rings (SSSR count). The summed E-state index contributed by atoms with van der Waals surface area (Å²) in [5.41, 5.74) is 0. The van der Waals surface area contributed by atoms with E-state index in [2.05, 4.69) is 90.7 Å². The zero-order valence-corrected chi connectivity index (χ0v) is 28.8. The van der Waals surface area contributed by atoms with E-state index >= 15 is 0 Å². The standard InChI is InChI=1S/2C11H21Si2.2ClH.Zr/c2*1-12(2,3)10-7-8-11(9-10)13(4,5)6;;;/h2*7H,8H2,1-6H3;2*1H;/q;;;;+2/p-2. The van der Waals surface area contributed by atoms with E-state index in [0.29, 0.717) is 0 Å². The molecule has 0 aromatic rings. The number of allylic oxidation sites excluding steroid dienone is 8. The summed E-state index contributed by atoms with van der Waals surface area (Å²) in [6.45, 7) is 30.9. The summed E-state index contributed by atoms with van der Waals surface area (Å²) >= 11 is -0.747. The smallest absolute Gasteiger partial charge is 1.00 e. The van der Waals surface area contributed by atoms with Crippen molar-refractivity contribution in [2.45, 2.75) is 91.4 Å². The molecule has 29 heavy (non-hydrogen) atoms. The maximum absolute atomic E-state index is 2.68. The third-order valence-corrected chi connectivity index (χ3v) is 21.0. The summed E-state index contributed by atoms with van der Waals surface area (Å²) in [5.74, 6) is 0. The van der Waals surface area contributed by atoms with E-state index in [1.165, 1.54) is 12.8 Å². The second-order valence-corrected chi connectivity index (χ2v) is 35.8. The van der Waals surface area contributed by atoms with E-state index in [-0.39, 0.29) is 24.8 Å². The van der Waals surface area contributed by atoms with Gasteiger partial charge >= 0.3 is 186 Å². The molecule has 0 unspecified atom stereocenters. The zero-order chi connectivity index (χ0) is 21.0. The van der Waals surface area contributed by atoms with E-state index in [0.717, 1.165) is 0 Å². The van der Waals surface area contributed by atoms with Gasteiger partial charge in [-0.2, -0.15) is 0 Å². The van der Waals surface area contributed by atoms with Gasteiger partial charge in [0.05, 0.1) is 0 Å². The molecule has 0 N–H and O–H groups in total. The van der Waals surface area contributed by atoms with Gasteiger partial charge in [0.15, 0.2) is 0 Å². The molecule has 0 heterocycles. The van der Waals surface area contributed by atoms with Crippen LogP contribution in [0.2, 0.25) is 78.6 Å². The molecule has 2 aliphatic carbocycles. The van der Waals surface area contributed by atoms with Crippen molar-refractivity contribution in [3.05, 3.63) is 39.5 Å². The first-order valence-corrected chi connectivity index (χ1v) is 27.1. The molecular formula is C22H42Cl2Si4Zr. The van der Waals surface area contributed by atoms with Gasteiger partial charge in [-0.1, -0.05) is 0 Å². The summed E-state index contributed by atoms with van der Waals surface area (Å²) in [6.07, 6.45) is 7.93. The molecule has 0 spiro atoms. The van der Waals surface area contributed by atoms with Crippen molar-refractivity contribution in [1.29, 1.82) is 0 Å². The van der Waals surface area contributed by atoms with Gasteiger partial charge in [-0.15, -0.1) is 0 Å². The molecule has 164 valence electrons. The summed E-state index contributed by atoms with van der Waals surface area (Å²) in [4.78, 5) is 0. The van der Waals surface area contributed by atoms with Crippen LogP contribution in [0.4, 0.5) is 0 Å². The molecule has 7 heteroatoms.